The molecule has 1 atom stereocenters. The summed E-state index contributed by atoms with van der Waals surface area (Å²) >= 11 is 0. The lowest BCUT2D eigenvalue weighted by Gasteiger charge is -2.36. The van der Waals surface area contributed by atoms with Gasteiger partial charge in [-0.3, -0.25) is 0 Å². The van der Waals surface area contributed by atoms with Crippen LogP contribution < -0.4 is 5.32 Å². The van der Waals surface area contributed by atoms with Gasteiger partial charge in [0.2, 0.25) is 0 Å². The largest absolute Gasteiger partial charge is 0.313 e. The smallest absolute Gasteiger partial charge is 0.282 e. The van der Waals surface area contributed by atoms with Crippen molar-refractivity contribution in [2.24, 2.45) is 0 Å². The van der Waals surface area contributed by atoms with E-state index in [9.17, 15) is 8.42 Å². The zero-order valence-electron chi connectivity index (χ0n) is 10.7. The van der Waals surface area contributed by atoms with Crippen LogP contribution in [0, 0.1) is 0 Å². The van der Waals surface area contributed by atoms with Crippen LogP contribution >= 0.6 is 0 Å². The molecule has 6 heteroatoms. The van der Waals surface area contributed by atoms with E-state index in [0.29, 0.717) is 19.6 Å². The molecule has 1 fully saturated rings. The van der Waals surface area contributed by atoms with Crippen LogP contribution in [0.1, 0.15) is 11.6 Å². The van der Waals surface area contributed by atoms with Crippen LogP contribution in [0.15, 0.2) is 30.3 Å². The molecule has 1 aromatic rings. The molecule has 2 rings (SSSR count). The highest BCUT2D eigenvalue weighted by Crippen LogP contribution is 2.25. The van der Waals surface area contributed by atoms with Crippen LogP contribution in [0.4, 0.5) is 0 Å². The predicted octanol–water partition coefficient (Wildman–Crippen LogP) is 0.439. The topological polar surface area (TPSA) is 52.7 Å². The summed E-state index contributed by atoms with van der Waals surface area (Å²) in [6.07, 6.45) is 0. The maximum atomic E-state index is 12.3. The van der Waals surface area contributed by atoms with Gasteiger partial charge in [0.05, 0.1) is 6.04 Å². The normalized spacial score (nSPS) is 22.3. The molecule has 18 heavy (non-hydrogen) atoms. The Labute approximate surface area is 109 Å². The summed E-state index contributed by atoms with van der Waals surface area (Å²) in [7, 11) is -0.233. The van der Waals surface area contributed by atoms with Gasteiger partial charge in [-0.05, 0) is 5.56 Å². The lowest BCUT2D eigenvalue weighted by molar-refractivity contribution is 0.257. The summed E-state index contributed by atoms with van der Waals surface area (Å²) < 4.78 is 27.4. The predicted molar refractivity (Wildman–Crippen MR) is 71.4 cm³/mol. The van der Waals surface area contributed by atoms with Crippen molar-refractivity contribution in [1.29, 1.82) is 0 Å². The second-order valence-corrected chi connectivity index (χ2v) is 6.63. The average Bonchev–Trinajstić information content (AvgIpc) is 2.39. The molecule has 0 aliphatic carbocycles. The summed E-state index contributed by atoms with van der Waals surface area (Å²) in [5, 5.41) is 3.25. The first-order valence-electron chi connectivity index (χ1n) is 5.98. The fourth-order valence-electron chi connectivity index (χ4n) is 2.13. The van der Waals surface area contributed by atoms with E-state index < -0.39 is 10.2 Å². The Kier molecular flexibility index (Phi) is 4.01. The molecule has 0 saturated carbocycles. The molecule has 0 aromatic heterocycles. The van der Waals surface area contributed by atoms with E-state index in [1.54, 1.807) is 18.4 Å². The first-order valence-corrected chi connectivity index (χ1v) is 7.38. The molecule has 0 radical (unpaired) electrons. The van der Waals surface area contributed by atoms with Crippen molar-refractivity contribution in [3.8, 4) is 0 Å². The van der Waals surface area contributed by atoms with Crippen molar-refractivity contribution in [2.75, 3.05) is 33.7 Å². The number of piperazine rings is 1. The van der Waals surface area contributed by atoms with Crippen LogP contribution in [-0.4, -0.2) is 50.8 Å². The summed E-state index contributed by atoms with van der Waals surface area (Å²) in [5.41, 5.74) is 1.02. The van der Waals surface area contributed by atoms with Gasteiger partial charge < -0.3 is 5.32 Å². The summed E-state index contributed by atoms with van der Waals surface area (Å²) in [5.74, 6) is 0. The van der Waals surface area contributed by atoms with E-state index in [4.69, 9.17) is 0 Å². The van der Waals surface area contributed by atoms with Gasteiger partial charge in [-0.1, -0.05) is 30.3 Å². The number of hydrogen-bond acceptors (Lipinski definition) is 3. The Hall–Kier alpha value is -0.950. The molecule has 1 N–H and O–H groups in total. The van der Waals surface area contributed by atoms with Gasteiger partial charge in [0, 0.05) is 33.7 Å². The van der Waals surface area contributed by atoms with E-state index in [1.807, 2.05) is 30.3 Å². The van der Waals surface area contributed by atoms with Gasteiger partial charge in [0.25, 0.3) is 10.2 Å². The fourth-order valence-corrected chi connectivity index (χ4v) is 3.39. The van der Waals surface area contributed by atoms with Crippen LogP contribution in [0.3, 0.4) is 0 Å². The highest BCUT2D eigenvalue weighted by atomic mass is 32.2. The Morgan fingerprint density at radius 1 is 1.28 bits per heavy atom. The zero-order chi connectivity index (χ0) is 13.2. The van der Waals surface area contributed by atoms with Crippen LogP contribution in [0.5, 0.6) is 0 Å². The van der Waals surface area contributed by atoms with Crippen LogP contribution in [0.25, 0.3) is 0 Å². The number of rotatable bonds is 3. The number of nitrogens with one attached hydrogen (secondary N) is 1. The van der Waals surface area contributed by atoms with Gasteiger partial charge in [0.15, 0.2) is 0 Å². The third-order valence-corrected chi connectivity index (χ3v) is 5.09. The Morgan fingerprint density at radius 3 is 2.56 bits per heavy atom. The molecule has 1 saturated heterocycles. The molecule has 1 heterocycles. The molecule has 100 valence electrons. The molecular weight excluding hydrogens is 250 g/mol. The molecule has 1 aliphatic rings. The summed E-state index contributed by atoms with van der Waals surface area (Å²) in [4.78, 5) is 0. The van der Waals surface area contributed by atoms with Gasteiger partial charge in [-0.25, -0.2) is 0 Å². The maximum absolute atomic E-state index is 12.3. The van der Waals surface area contributed by atoms with Crippen molar-refractivity contribution in [3.05, 3.63) is 35.9 Å². The number of hydrogen-bond donors (Lipinski definition) is 1. The second-order valence-electron chi connectivity index (χ2n) is 4.53. The maximum Gasteiger partial charge on any atom is 0.282 e. The highest BCUT2D eigenvalue weighted by Gasteiger charge is 2.34. The van der Waals surface area contributed by atoms with Gasteiger partial charge >= 0.3 is 0 Å². The van der Waals surface area contributed by atoms with Crippen molar-refractivity contribution in [1.82, 2.24) is 13.9 Å². The van der Waals surface area contributed by atoms with Gasteiger partial charge in [-0.2, -0.15) is 17.0 Å². The first-order chi connectivity index (χ1) is 8.53. The first kappa shape index (κ1) is 13.5. The lowest BCUT2D eigenvalue weighted by atomic mass is 10.1. The van der Waals surface area contributed by atoms with E-state index in [0.717, 1.165) is 5.56 Å². The minimum absolute atomic E-state index is 0.132. The molecule has 5 nitrogen and oxygen atoms in total. The molecule has 1 unspecified atom stereocenters. The molecule has 0 bridgehead atoms. The van der Waals surface area contributed by atoms with Crippen LogP contribution in [-0.2, 0) is 10.2 Å². The monoisotopic (exact) mass is 269 g/mol. The van der Waals surface area contributed by atoms with E-state index in [2.05, 4.69) is 5.32 Å². The lowest BCUT2D eigenvalue weighted by Crippen LogP contribution is -2.51. The SMILES string of the molecule is CN(C)S(=O)(=O)N1CCNCC1c1ccccc1. The van der Waals surface area contributed by atoms with E-state index in [1.165, 1.54) is 4.31 Å². The summed E-state index contributed by atoms with van der Waals surface area (Å²) in [6, 6.07) is 9.61. The van der Waals surface area contributed by atoms with Crippen molar-refractivity contribution in [3.63, 3.8) is 0 Å². The van der Waals surface area contributed by atoms with Crippen molar-refractivity contribution < 1.29 is 8.42 Å². The Bertz CT molecular complexity index is 487. The van der Waals surface area contributed by atoms with Gasteiger partial charge in [0.1, 0.15) is 0 Å². The zero-order valence-corrected chi connectivity index (χ0v) is 11.5. The third kappa shape index (κ3) is 2.56. The van der Waals surface area contributed by atoms with Gasteiger partial charge in [-0.15, -0.1) is 0 Å². The average molecular weight is 269 g/mol. The minimum atomic E-state index is -3.37. The highest BCUT2D eigenvalue weighted by molar-refractivity contribution is 7.86. The second kappa shape index (κ2) is 5.36. The van der Waals surface area contributed by atoms with Crippen LogP contribution in [0.2, 0.25) is 0 Å². The van der Waals surface area contributed by atoms with E-state index >= 15 is 0 Å². The van der Waals surface area contributed by atoms with Crippen molar-refractivity contribution >= 4 is 10.2 Å². The summed E-state index contributed by atoms with van der Waals surface area (Å²) in [6.45, 7) is 1.84. The minimum Gasteiger partial charge on any atom is -0.313 e. The van der Waals surface area contributed by atoms with E-state index in [-0.39, 0.29) is 6.04 Å². The standard InChI is InChI=1S/C12H19N3O2S/c1-14(2)18(16,17)15-9-8-13-10-12(15)11-6-4-3-5-7-11/h3-7,12-13H,8-10H2,1-2H3. The molecule has 0 spiro atoms. The Balaban J connectivity index is 2.33. The fraction of sp³-hybridized carbons (Fsp3) is 0.500. The van der Waals surface area contributed by atoms with Crippen molar-refractivity contribution in [2.45, 2.75) is 6.04 Å². The number of benzene rings is 1. The molecule has 0 amide bonds. The Morgan fingerprint density at radius 2 is 1.94 bits per heavy atom. The molecule has 1 aliphatic heterocycles. The number of nitrogens with zero attached hydrogens (tertiary/aromatic N) is 2. The third-order valence-electron chi connectivity index (χ3n) is 3.14. The quantitative estimate of drug-likeness (QED) is 0.866. The molecular formula is C12H19N3O2S. The molecule has 1 aromatic carbocycles.